The van der Waals surface area contributed by atoms with E-state index in [1.54, 1.807) is 12.4 Å². The fourth-order valence-electron chi connectivity index (χ4n) is 6.80. The number of nitrogens with zero attached hydrogens (tertiary/aromatic N) is 4. The first-order valence-corrected chi connectivity index (χ1v) is 13.6. The first-order chi connectivity index (χ1) is 17.8. The van der Waals surface area contributed by atoms with Crippen molar-refractivity contribution in [2.75, 3.05) is 31.6 Å². The summed E-state index contributed by atoms with van der Waals surface area (Å²) in [5, 5.41) is 10.0. The van der Waals surface area contributed by atoms with Crippen molar-refractivity contribution in [1.82, 2.24) is 19.7 Å². The van der Waals surface area contributed by atoms with Crippen LogP contribution in [0.4, 0.5) is 10.2 Å². The Hall–Kier alpha value is -2.55. The molecule has 2 saturated heterocycles. The average Bonchev–Trinajstić information content (AvgIpc) is 3.45. The summed E-state index contributed by atoms with van der Waals surface area (Å²) in [6.07, 6.45) is 9.65. The quantitative estimate of drug-likeness (QED) is 0.500. The minimum atomic E-state index is -0.952. The maximum atomic E-state index is 14.5. The molecule has 4 heterocycles. The van der Waals surface area contributed by atoms with Crippen LogP contribution in [0.1, 0.15) is 60.9 Å². The molecule has 1 aromatic carbocycles. The van der Waals surface area contributed by atoms with E-state index in [0.717, 1.165) is 53.2 Å². The predicted octanol–water partition coefficient (Wildman–Crippen LogP) is 5.15. The lowest BCUT2D eigenvalue weighted by Crippen LogP contribution is -2.59. The van der Waals surface area contributed by atoms with Gasteiger partial charge in [0.2, 0.25) is 0 Å². The number of carbonyl (C=O) groups is 1. The molecule has 8 rings (SSSR count). The van der Waals surface area contributed by atoms with Crippen LogP contribution in [0.15, 0.2) is 36.8 Å². The Labute approximate surface area is 220 Å². The molecule has 5 aliphatic rings. The van der Waals surface area contributed by atoms with E-state index in [1.807, 2.05) is 29.9 Å². The molecule has 1 N–H and O–H groups in total. The van der Waals surface area contributed by atoms with Gasteiger partial charge in [-0.05, 0) is 93.1 Å². The lowest BCUT2D eigenvalue weighted by Gasteiger charge is -2.61. The van der Waals surface area contributed by atoms with Crippen molar-refractivity contribution >= 4 is 34.1 Å². The number of benzene rings is 1. The van der Waals surface area contributed by atoms with Gasteiger partial charge in [0.25, 0.3) is 5.91 Å². The third-order valence-electron chi connectivity index (χ3n) is 9.41. The number of fused-ring (bicyclic) bond motifs is 1. The summed E-state index contributed by atoms with van der Waals surface area (Å²) < 4.78 is 21.9. The van der Waals surface area contributed by atoms with Gasteiger partial charge in [0.05, 0.1) is 36.1 Å². The Balaban J connectivity index is 1.06. The Morgan fingerprint density at radius 2 is 1.95 bits per heavy atom. The average molecular weight is 524 g/mol. The highest BCUT2D eigenvalue weighted by Crippen LogP contribution is 2.61. The lowest BCUT2D eigenvalue weighted by atomic mass is 9.50. The molecule has 7 nitrogen and oxygen atoms in total. The van der Waals surface area contributed by atoms with Gasteiger partial charge in [-0.1, -0.05) is 11.6 Å². The molecule has 1 amide bonds. The summed E-state index contributed by atoms with van der Waals surface area (Å²) in [6.45, 7) is 4.22. The Morgan fingerprint density at radius 3 is 2.62 bits per heavy atom. The third kappa shape index (κ3) is 3.79. The Bertz CT molecular complexity index is 1370. The van der Waals surface area contributed by atoms with Crippen molar-refractivity contribution in [3.8, 4) is 0 Å². The number of carbonyl (C=O) groups excluding carboxylic acids is 1. The summed E-state index contributed by atoms with van der Waals surface area (Å²) in [7, 11) is 0. The molecule has 3 aliphatic carbocycles. The topological polar surface area (TPSA) is 72.3 Å². The zero-order valence-electron chi connectivity index (χ0n) is 20.9. The molecule has 0 spiro atoms. The molecule has 9 heteroatoms. The van der Waals surface area contributed by atoms with Crippen LogP contribution in [0, 0.1) is 5.92 Å². The second-order valence-corrected chi connectivity index (χ2v) is 12.1. The minimum Gasteiger partial charge on any atom is -0.376 e. The van der Waals surface area contributed by atoms with Crippen LogP contribution in [0.2, 0.25) is 5.02 Å². The number of pyridine rings is 1. The normalized spacial score (nSPS) is 31.8. The predicted molar refractivity (Wildman–Crippen MR) is 140 cm³/mol. The fraction of sp³-hybridized carbons (Fsp3) is 0.536. The smallest absolute Gasteiger partial charge is 0.260 e. The highest BCUT2D eigenvalue weighted by atomic mass is 35.5. The van der Waals surface area contributed by atoms with E-state index in [2.05, 4.69) is 26.4 Å². The summed E-state index contributed by atoms with van der Waals surface area (Å²) in [4.78, 5) is 19.6. The number of anilines is 1. The number of nitrogens with one attached hydrogen (secondary N) is 1. The molecule has 3 saturated carbocycles. The number of ether oxygens (including phenoxy) is 1. The number of hydrogen-bond acceptors (Lipinski definition) is 5. The first-order valence-electron chi connectivity index (χ1n) is 13.3. The fourth-order valence-corrected chi connectivity index (χ4v) is 7.12. The van der Waals surface area contributed by atoms with Crippen molar-refractivity contribution in [1.29, 1.82) is 0 Å². The molecule has 2 aromatic heterocycles. The summed E-state index contributed by atoms with van der Waals surface area (Å²) in [5.41, 5.74) is 1.27. The van der Waals surface area contributed by atoms with Crippen LogP contribution in [-0.4, -0.2) is 63.6 Å². The first kappa shape index (κ1) is 23.6. The lowest BCUT2D eigenvalue weighted by molar-refractivity contribution is -0.0978. The van der Waals surface area contributed by atoms with Gasteiger partial charge in [0.1, 0.15) is 12.0 Å². The van der Waals surface area contributed by atoms with Crippen molar-refractivity contribution < 1.29 is 13.9 Å². The van der Waals surface area contributed by atoms with E-state index >= 15 is 0 Å². The molecule has 194 valence electrons. The van der Waals surface area contributed by atoms with Gasteiger partial charge in [0, 0.05) is 22.8 Å². The van der Waals surface area contributed by atoms with Gasteiger partial charge >= 0.3 is 0 Å². The Kier molecular flexibility index (Phi) is 5.40. The number of alkyl halides is 1. The maximum absolute atomic E-state index is 14.5. The molecule has 5 fully saturated rings. The summed E-state index contributed by atoms with van der Waals surface area (Å²) in [6, 6.07) is 5.97. The van der Waals surface area contributed by atoms with Crippen molar-refractivity contribution in [2.45, 2.75) is 62.2 Å². The van der Waals surface area contributed by atoms with Crippen LogP contribution in [0.3, 0.4) is 0 Å². The van der Waals surface area contributed by atoms with Gasteiger partial charge in [-0.2, -0.15) is 5.10 Å². The number of amides is 1. The number of aromatic nitrogens is 3. The second-order valence-electron chi connectivity index (χ2n) is 11.7. The zero-order valence-corrected chi connectivity index (χ0v) is 21.7. The number of rotatable bonds is 5. The van der Waals surface area contributed by atoms with Crippen molar-refractivity contribution in [3.63, 3.8) is 0 Å². The van der Waals surface area contributed by atoms with E-state index in [1.165, 1.54) is 19.3 Å². The molecular formula is C28H31ClFN5O2. The van der Waals surface area contributed by atoms with Gasteiger partial charge in [-0.25, -0.2) is 9.37 Å². The van der Waals surface area contributed by atoms with Crippen LogP contribution >= 0.6 is 11.6 Å². The van der Waals surface area contributed by atoms with Gasteiger partial charge in [-0.3, -0.25) is 14.4 Å². The highest BCUT2D eigenvalue weighted by Gasteiger charge is 2.58. The second kappa shape index (κ2) is 8.48. The summed E-state index contributed by atoms with van der Waals surface area (Å²) >= 11 is 6.71. The minimum absolute atomic E-state index is 0.159. The maximum Gasteiger partial charge on any atom is 0.260 e. The zero-order chi connectivity index (χ0) is 25.4. The van der Waals surface area contributed by atoms with E-state index in [-0.39, 0.29) is 18.1 Å². The molecule has 0 radical (unpaired) electrons. The van der Waals surface area contributed by atoms with Crippen LogP contribution in [-0.2, 0) is 10.3 Å². The highest BCUT2D eigenvalue weighted by molar-refractivity contribution is 6.32. The molecule has 37 heavy (non-hydrogen) atoms. The van der Waals surface area contributed by atoms with Crippen LogP contribution < -0.4 is 5.32 Å². The van der Waals surface area contributed by atoms with Gasteiger partial charge in [-0.15, -0.1) is 0 Å². The molecule has 3 aromatic rings. The Morgan fingerprint density at radius 1 is 1.16 bits per heavy atom. The SMILES string of the molecule is C[C@@]1(N2CCC(c3cc4cc(NC(=O)c5cnn(C67CC(C6)C7)c5)ncc4cc3Cl)CC2)COC[C@@H]1F. The molecule has 2 atom stereocenters. The van der Waals surface area contributed by atoms with Gasteiger partial charge < -0.3 is 10.1 Å². The van der Waals surface area contributed by atoms with E-state index in [0.29, 0.717) is 23.9 Å². The number of likely N-dealkylation sites (tertiary alicyclic amines) is 1. The largest absolute Gasteiger partial charge is 0.376 e. The van der Waals surface area contributed by atoms with E-state index < -0.39 is 11.7 Å². The number of piperidine rings is 1. The van der Waals surface area contributed by atoms with Crippen molar-refractivity contribution in [2.24, 2.45) is 5.92 Å². The molecule has 0 unspecified atom stereocenters. The summed E-state index contributed by atoms with van der Waals surface area (Å²) in [5.74, 6) is 1.44. The van der Waals surface area contributed by atoms with Crippen molar-refractivity contribution in [3.05, 3.63) is 52.9 Å². The number of halogens is 2. The third-order valence-corrected chi connectivity index (χ3v) is 9.73. The van der Waals surface area contributed by atoms with Crippen LogP contribution in [0.25, 0.3) is 10.8 Å². The standard InChI is InChI=1S/C28H31ClFN5O2/c1-27(16-37-15-24(27)30)34-4-2-18(3-5-34)22-6-19-8-25(31-12-20(19)7-23(22)29)33-26(36)21-13-32-35(14-21)28-9-17(10-28)11-28/h6-8,12-14,17-18,24H,2-5,9-11,15-16H2,1H3,(H,31,33,36)/t17?,24-,27+,28?/m0/s1. The molecule has 2 aliphatic heterocycles. The van der Waals surface area contributed by atoms with E-state index in [9.17, 15) is 9.18 Å². The number of hydrogen-bond donors (Lipinski definition) is 1. The van der Waals surface area contributed by atoms with Crippen LogP contribution in [0.5, 0.6) is 0 Å². The monoisotopic (exact) mass is 523 g/mol. The van der Waals surface area contributed by atoms with E-state index in [4.69, 9.17) is 16.3 Å². The molecular weight excluding hydrogens is 493 g/mol. The van der Waals surface area contributed by atoms with Gasteiger partial charge in [0.15, 0.2) is 0 Å². The molecule has 2 bridgehead atoms.